The molecule has 0 fully saturated rings. The third-order valence-electron chi connectivity index (χ3n) is 3.58. The highest BCUT2D eigenvalue weighted by atomic mass is 32.1. The first-order valence-electron chi connectivity index (χ1n) is 7.33. The van der Waals surface area contributed by atoms with E-state index in [1.54, 1.807) is 41.9 Å². The molecule has 1 aliphatic heterocycles. The van der Waals surface area contributed by atoms with Crippen LogP contribution in [0.1, 0.15) is 16.1 Å². The van der Waals surface area contributed by atoms with Gasteiger partial charge >= 0.3 is 0 Å². The molecule has 24 heavy (non-hydrogen) atoms. The molecule has 2 aromatic heterocycles. The molecule has 7 heteroatoms. The number of benzene rings is 1. The number of hydrogen-bond acceptors (Lipinski definition) is 6. The molecule has 3 heterocycles. The maximum Gasteiger partial charge on any atom is 0.251 e. The summed E-state index contributed by atoms with van der Waals surface area (Å²) in [5.41, 5.74) is 2.04. The minimum atomic E-state index is -0.198. The third kappa shape index (κ3) is 2.81. The molecule has 4 rings (SSSR count). The summed E-state index contributed by atoms with van der Waals surface area (Å²) in [7, 11) is 0. The molecular formula is C17H13N3O3S. The van der Waals surface area contributed by atoms with Crippen molar-refractivity contribution < 1.29 is 14.3 Å². The van der Waals surface area contributed by atoms with E-state index in [-0.39, 0.29) is 12.7 Å². The van der Waals surface area contributed by atoms with Gasteiger partial charge in [0, 0.05) is 18.0 Å². The Morgan fingerprint density at radius 2 is 2.04 bits per heavy atom. The van der Waals surface area contributed by atoms with E-state index in [0.29, 0.717) is 23.6 Å². The lowest BCUT2D eigenvalue weighted by Gasteiger charge is -2.08. The van der Waals surface area contributed by atoms with Gasteiger partial charge < -0.3 is 14.8 Å². The lowest BCUT2D eigenvalue weighted by molar-refractivity contribution is 0.0950. The van der Waals surface area contributed by atoms with E-state index < -0.39 is 0 Å². The van der Waals surface area contributed by atoms with Crippen LogP contribution in [0.3, 0.4) is 0 Å². The summed E-state index contributed by atoms with van der Waals surface area (Å²) in [4.78, 5) is 22.1. The van der Waals surface area contributed by atoms with Crippen LogP contribution in [-0.2, 0) is 6.54 Å². The van der Waals surface area contributed by atoms with E-state index in [2.05, 4.69) is 15.3 Å². The van der Waals surface area contributed by atoms with Crippen LogP contribution in [0.15, 0.2) is 48.1 Å². The Morgan fingerprint density at radius 3 is 2.92 bits per heavy atom. The second kappa shape index (κ2) is 6.29. The van der Waals surface area contributed by atoms with E-state index in [9.17, 15) is 4.79 Å². The quantitative estimate of drug-likeness (QED) is 0.791. The molecule has 0 radical (unpaired) electrons. The molecule has 0 bridgehead atoms. The second-order valence-corrected chi connectivity index (χ2v) is 6.03. The number of nitrogens with zero attached hydrogens (tertiary/aromatic N) is 2. The zero-order chi connectivity index (χ0) is 16.4. The van der Waals surface area contributed by atoms with Gasteiger partial charge in [0.1, 0.15) is 5.69 Å². The molecule has 1 aromatic carbocycles. The molecule has 0 saturated heterocycles. The van der Waals surface area contributed by atoms with Crippen LogP contribution in [0, 0.1) is 0 Å². The fourth-order valence-corrected chi connectivity index (χ4v) is 3.16. The average Bonchev–Trinajstić information content (AvgIpc) is 3.30. The number of fused-ring (bicyclic) bond motifs is 1. The van der Waals surface area contributed by atoms with Crippen molar-refractivity contribution in [1.29, 1.82) is 0 Å². The van der Waals surface area contributed by atoms with Gasteiger partial charge in [0.15, 0.2) is 11.5 Å². The Morgan fingerprint density at radius 1 is 1.17 bits per heavy atom. The summed E-state index contributed by atoms with van der Waals surface area (Å²) in [6.45, 7) is 0.485. The Balaban J connectivity index is 1.50. The number of carbonyl (C=O) groups excluding carboxylic acids is 1. The number of rotatable bonds is 4. The van der Waals surface area contributed by atoms with Crippen molar-refractivity contribution in [3.63, 3.8) is 0 Å². The van der Waals surface area contributed by atoms with Gasteiger partial charge in [-0.2, -0.15) is 0 Å². The van der Waals surface area contributed by atoms with Gasteiger partial charge in [0.05, 0.1) is 17.1 Å². The number of aromatic nitrogens is 2. The lowest BCUT2D eigenvalue weighted by atomic mass is 10.2. The van der Waals surface area contributed by atoms with Crippen LogP contribution in [0.25, 0.3) is 10.6 Å². The summed E-state index contributed by atoms with van der Waals surface area (Å²) in [5.74, 6) is 1.04. The van der Waals surface area contributed by atoms with Gasteiger partial charge in [-0.05, 0) is 29.6 Å². The predicted molar refractivity (Wildman–Crippen MR) is 89.1 cm³/mol. The molecule has 0 aliphatic carbocycles. The van der Waals surface area contributed by atoms with E-state index in [1.807, 2.05) is 17.5 Å². The summed E-state index contributed by atoms with van der Waals surface area (Å²) < 4.78 is 10.5. The Labute approximate surface area is 142 Å². The molecule has 6 nitrogen and oxygen atoms in total. The van der Waals surface area contributed by atoms with Crippen LogP contribution in [-0.4, -0.2) is 22.7 Å². The molecule has 3 aromatic rings. The van der Waals surface area contributed by atoms with E-state index in [0.717, 1.165) is 16.3 Å². The topological polar surface area (TPSA) is 73.3 Å². The fraction of sp³-hybridized carbons (Fsp3) is 0.118. The SMILES string of the molecule is O=C(NCc1nccnc1-c1cccs1)c1ccc2c(c1)OCO2. The molecule has 1 aliphatic rings. The zero-order valence-electron chi connectivity index (χ0n) is 12.6. The van der Waals surface area contributed by atoms with Gasteiger partial charge in [0.25, 0.3) is 5.91 Å². The van der Waals surface area contributed by atoms with Crippen molar-refractivity contribution in [2.24, 2.45) is 0 Å². The van der Waals surface area contributed by atoms with Gasteiger partial charge in [-0.15, -0.1) is 11.3 Å². The van der Waals surface area contributed by atoms with Crippen molar-refractivity contribution in [2.45, 2.75) is 6.54 Å². The predicted octanol–water partition coefficient (Wildman–Crippen LogP) is 2.86. The third-order valence-corrected chi connectivity index (χ3v) is 4.46. The highest BCUT2D eigenvalue weighted by Crippen LogP contribution is 2.32. The highest BCUT2D eigenvalue weighted by molar-refractivity contribution is 7.13. The molecule has 0 saturated carbocycles. The van der Waals surface area contributed by atoms with Gasteiger partial charge in [-0.3, -0.25) is 14.8 Å². The highest BCUT2D eigenvalue weighted by Gasteiger charge is 2.17. The molecule has 1 N–H and O–H groups in total. The zero-order valence-corrected chi connectivity index (χ0v) is 13.4. The van der Waals surface area contributed by atoms with Crippen molar-refractivity contribution in [1.82, 2.24) is 15.3 Å². The smallest absolute Gasteiger partial charge is 0.251 e. The summed E-state index contributed by atoms with van der Waals surface area (Å²) in [5, 5.41) is 4.86. The number of amides is 1. The summed E-state index contributed by atoms with van der Waals surface area (Å²) in [6.07, 6.45) is 3.28. The van der Waals surface area contributed by atoms with E-state index in [4.69, 9.17) is 9.47 Å². The van der Waals surface area contributed by atoms with E-state index in [1.165, 1.54) is 0 Å². The van der Waals surface area contributed by atoms with Crippen molar-refractivity contribution >= 4 is 17.2 Å². The molecule has 1 amide bonds. The summed E-state index contributed by atoms with van der Waals surface area (Å²) >= 11 is 1.59. The largest absolute Gasteiger partial charge is 0.454 e. The monoisotopic (exact) mass is 339 g/mol. The molecular weight excluding hydrogens is 326 g/mol. The van der Waals surface area contributed by atoms with Crippen LogP contribution in [0.2, 0.25) is 0 Å². The van der Waals surface area contributed by atoms with E-state index >= 15 is 0 Å². The van der Waals surface area contributed by atoms with Crippen LogP contribution >= 0.6 is 11.3 Å². The number of nitrogens with one attached hydrogen (secondary N) is 1. The number of carbonyl (C=O) groups is 1. The van der Waals surface area contributed by atoms with Gasteiger partial charge in [-0.25, -0.2) is 0 Å². The van der Waals surface area contributed by atoms with Crippen LogP contribution in [0.4, 0.5) is 0 Å². The summed E-state index contributed by atoms with van der Waals surface area (Å²) in [6, 6.07) is 9.06. The van der Waals surface area contributed by atoms with Gasteiger partial charge in [0.2, 0.25) is 6.79 Å². The first-order valence-corrected chi connectivity index (χ1v) is 8.21. The molecule has 0 unspecified atom stereocenters. The number of ether oxygens (including phenoxy) is 2. The van der Waals surface area contributed by atoms with Crippen molar-refractivity contribution in [3.8, 4) is 22.1 Å². The molecule has 0 atom stereocenters. The normalized spacial score (nSPS) is 12.2. The standard InChI is InChI=1S/C17H13N3O3S/c21-17(11-3-4-13-14(8-11)23-10-22-13)20-9-12-16(19-6-5-18-12)15-2-1-7-24-15/h1-8H,9-10H2,(H,20,21). The maximum absolute atomic E-state index is 12.4. The fourth-order valence-electron chi connectivity index (χ4n) is 2.42. The van der Waals surface area contributed by atoms with Gasteiger partial charge in [-0.1, -0.05) is 6.07 Å². The molecule has 0 spiro atoms. The average molecular weight is 339 g/mol. The number of thiophene rings is 1. The van der Waals surface area contributed by atoms with Crippen LogP contribution in [0.5, 0.6) is 11.5 Å². The minimum Gasteiger partial charge on any atom is -0.454 e. The minimum absolute atomic E-state index is 0.185. The Kier molecular flexibility index (Phi) is 3.84. The molecule has 120 valence electrons. The second-order valence-electron chi connectivity index (χ2n) is 5.08. The maximum atomic E-state index is 12.4. The van der Waals surface area contributed by atoms with Crippen molar-refractivity contribution in [3.05, 3.63) is 59.4 Å². The van der Waals surface area contributed by atoms with Crippen LogP contribution < -0.4 is 14.8 Å². The lowest BCUT2D eigenvalue weighted by Crippen LogP contribution is -2.23. The Hall–Kier alpha value is -2.93. The number of hydrogen-bond donors (Lipinski definition) is 1. The Bertz CT molecular complexity index is 881. The first-order chi connectivity index (χ1) is 11.8. The first kappa shape index (κ1) is 14.6. The van der Waals surface area contributed by atoms with Crippen molar-refractivity contribution in [2.75, 3.05) is 6.79 Å².